The van der Waals surface area contributed by atoms with E-state index >= 15 is 0 Å². The lowest BCUT2D eigenvalue weighted by atomic mass is 10.1. The van der Waals surface area contributed by atoms with Gasteiger partial charge in [-0.3, -0.25) is 18.6 Å². The Morgan fingerprint density at radius 3 is 1.94 bits per heavy atom. The number of unbranched alkanes of at least 4 members (excludes halogenated alkanes) is 11. The van der Waals surface area contributed by atoms with Gasteiger partial charge in [-0.15, -0.1) is 0 Å². The smallest absolute Gasteiger partial charge is 0.472 e. The second-order valence-electron chi connectivity index (χ2n) is 8.68. The lowest BCUT2D eigenvalue weighted by Crippen LogP contribution is -2.34. The Morgan fingerprint density at radius 1 is 0.857 bits per heavy atom. The average molecular weight is 524 g/mol. The van der Waals surface area contributed by atoms with Crippen molar-refractivity contribution in [2.75, 3.05) is 19.8 Å². The summed E-state index contributed by atoms with van der Waals surface area (Å²) in [6.07, 6.45) is 18.6. The summed E-state index contributed by atoms with van der Waals surface area (Å²) in [6, 6.07) is -1.48. The molecule has 1 unspecified atom stereocenters. The van der Waals surface area contributed by atoms with Gasteiger partial charge in [0, 0.05) is 6.42 Å². The van der Waals surface area contributed by atoms with Crippen molar-refractivity contribution in [3.05, 3.63) is 12.2 Å². The van der Waals surface area contributed by atoms with Crippen molar-refractivity contribution in [3.63, 3.8) is 0 Å². The molecular formula is C24H46NO9P. The Labute approximate surface area is 209 Å². The van der Waals surface area contributed by atoms with Crippen LogP contribution in [0.15, 0.2) is 12.2 Å². The van der Waals surface area contributed by atoms with Crippen molar-refractivity contribution in [1.29, 1.82) is 0 Å². The number of esters is 1. The van der Waals surface area contributed by atoms with Crippen molar-refractivity contribution < 1.29 is 43.0 Å². The molecule has 11 heteroatoms. The molecule has 3 atom stereocenters. The van der Waals surface area contributed by atoms with Crippen LogP contribution < -0.4 is 5.73 Å². The van der Waals surface area contributed by atoms with Gasteiger partial charge < -0.3 is 25.6 Å². The molecule has 0 radical (unpaired) electrons. The van der Waals surface area contributed by atoms with Crippen LogP contribution in [0.3, 0.4) is 0 Å². The average Bonchev–Trinajstić information content (AvgIpc) is 2.82. The number of carboxylic acids is 1. The summed E-state index contributed by atoms with van der Waals surface area (Å²) in [5.74, 6) is -1.86. The predicted octanol–water partition coefficient (Wildman–Crippen LogP) is 4.47. The standard InChI is InChI=1S/C24H46NO9P/c1-2-3-4-5-6-7-8-9-10-11-12-13-14-15-16-17-23(27)32-18-21(26)19-33-35(30,31)34-20-22(25)24(28)29/h9-10,21-22,26H,2-8,11-20,25H2,1H3,(H,28,29)(H,30,31)/b10-9-/t21-,22-/m0/s1. The fourth-order valence-corrected chi connectivity index (χ4v) is 3.90. The molecule has 0 spiro atoms. The van der Waals surface area contributed by atoms with E-state index in [9.17, 15) is 24.2 Å². The molecule has 0 fully saturated rings. The maximum absolute atomic E-state index is 11.7. The molecule has 0 aromatic carbocycles. The fourth-order valence-electron chi connectivity index (χ4n) is 3.11. The summed E-state index contributed by atoms with van der Waals surface area (Å²) in [5.41, 5.74) is 5.15. The summed E-state index contributed by atoms with van der Waals surface area (Å²) in [5, 5.41) is 18.3. The summed E-state index contributed by atoms with van der Waals surface area (Å²) in [6.45, 7) is 0.482. The number of carboxylic acid groups (broad SMARTS) is 1. The summed E-state index contributed by atoms with van der Waals surface area (Å²) in [4.78, 5) is 31.7. The number of allylic oxidation sites excluding steroid dienone is 2. The highest BCUT2D eigenvalue weighted by molar-refractivity contribution is 7.47. The normalized spacial score (nSPS) is 15.1. The molecule has 10 nitrogen and oxygen atoms in total. The van der Waals surface area contributed by atoms with E-state index in [2.05, 4.69) is 28.1 Å². The molecule has 0 amide bonds. The van der Waals surface area contributed by atoms with Gasteiger partial charge >= 0.3 is 19.8 Å². The van der Waals surface area contributed by atoms with E-state index in [0.717, 1.165) is 32.1 Å². The first-order chi connectivity index (χ1) is 16.7. The lowest BCUT2D eigenvalue weighted by molar-refractivity contribution is -0.147. The molecule has 5 N–H and O–H groups in total. The highest BCUT2D eigenvalue weighted by atomic mass is 31.2. The van der Waals surface area contributed by atoms with Crippen molar-refractivity contribution in [2.45, 2.75) is 109 Å². The molecule has 0 aliphatic carbocycles. The van der Waals surface area contributed by atoms with E-state index in [1.807, 2.05) is 0 Å². The highest BCUT2D eigenvalue weighted by Crippen LogP contribution is 2.43. The van der Waals surface area contributed by atoms with Gasteiger partial charge in [0.1, 0.15) is 18.8 Å². The van der Waals surface area contributed by atoms with Crippen LogP contribution in [0.25, 0.3) is 0 Å². The number of carbonyl (C=O) groups is 2. The first kappa shape index (κ1) is 33.7. The van der Waals surface area contributed by atoms with Crippen molar-refractivity contribution in [2.24, 2.45) is 5.73 Å². The van der Waals surface area contributed by atoms with Gasteiger partial charge in [-0.2, -0.15) is 0 Å². The summed E-state index contributed by atoms with van der Waals surface area (Å²) < 4.78 is 25.5. The number of aliphatic hydroxyl groups excluding tert-OH is 1. The monoisotopic (exact) mass is 523 g/mol. The van der Waals surface area contributed by atoms with Crippen LogP contribution in [-0.2, 0) is 27.9 Å². The van der Waals surface area contributed by atoms with Gasteiger partial charge in [0.15, 0.2) is 0 Å². The Bertz CT molecular complexity index is 630. The quantitative estimate of drug-likeness (QED) is 0.0613. The van der Waals surface area contributed by atoms with Crippen molar-refractivity contribution >= 4 is 19.8 Å². The fraction of sp³-hybridized carbons (Fsp3) is 0.833. The third-order valence-electron chi connectivity index (χ3n) is 5.24. The zero-order chi connectivity index (χ0) is 26.4. The number of ether oxygens (including phenoxy) is 1. The van der Waals surface area contributed by atoms with E-state index in [4.69, 9.17) is 15.6 Å². The Morgan fingerprint density at radius 2 is 1.37 bits per heavy atom. The van der Waals surface area contributed by atoms with Gasteiger partial charge in [0.05, 0.1) is 13.2 Å². The number of hydrogen-bond acceptors (Lipinski definition) is 8. The molecule has 35 heavy (non-hydrogen) atoms. The van der Waals surface area contributed by atoms with Crippen molar-refractivity contribution in [1.82, 2.24) is 0 Å². The van der Waals surface area contributed by atoms with Gasteiger partial charge in [0.2, 0.25) is 0 Å². The molecule has 0 saturated carbocycles. The number of hydrogen-bond donors (Lipinski definition) is 4. The third-order valence-corrected chi connectivity index (χ3v) is 6.19. The zero-order valence-electron chi connectivity index (χ0n) is 21.1. The van der Waals surface area contributed by atoms with Crippen LogP contribution in [-0.4, -0.2) is 59.0 Å². The van der Waals surface area contributed by atoms with E-state index in [-0.39, 0.29) is 6.42 Å². The molecule has 0 aromatic heterocycles. The van der Waals surface area contributed by atoms with Crippen LogP contribution >= 0.6 is 7.82 Å². The number of phosphoric ester groups is 1. The van der Waals surface area contributed by atoms with Gasteiger partial charge in [-0.25, -0.2) is 4.57 Å². The molecular weight excluding hydrogens is 477 g/mol. The van der Waals surface area contributed by atoms with Gasteiger partial charge in [0.25, 0.3) is 0 Å². The largest absolute Gasteiger partial charge is 0.480 e. The number of nitrogens with two attached hydrogens (primary N) is 1. The Kier molecular flexibility index (Phi) is 21.1. The number of aliphatic hydroxyl groups is 1. The Balaban J connectivity index is 3.62. The maximum Gasteiger partial charge on any atom is 0.472 e. The van der Waals surface area contributed by atoms with E-state index in [1.54, 1.807) is 0 Å². The number of phosphoric acid groups is 1. The second-order valence-corrected chi connectivity index (χ2v) is 10.1. The van der Waals surface area contributed by atoms with Crippen LogP contribution in [0.1, 0.15) is 96.8 Å². The minimum atomic E-state index is -4.58. The minimum Gasteiger partial charge on any atom is -0.480 e. The van der Waals surface area contributed by atoms with E-state index < -0.39 is 51.7 Å². The number of aliphatic carboxylic acids is 1. The third kappa shape index (κ3) is 22.9. The zero-order valence-corrected chi connectivity index (χ0v) is 22.0. The Hall–Kier alpha value is -1.29. The lowest BCUT2D eigenvalue weighted by Gasteiger charge is -2.16. The molecule has 0 aliphatic rings. The minimum absolute atomic E-state index is 0.237. The number of carbonyl (C=O) groups excluding carboxylic acids is 1. The second kappa shape index (κ2) is 21.9. The van der Waals surface area contributed by atoms with Crippen LogP contribution in [0.5, 0.6) is 0 Å². The van der Waals surface area contributed by atoms with Gasteiger partial charge in [-0.05, 0) is 32.1 Å². The molecule has 0 saturated heterocycles. The predicted molar refractivity (Wildman–Crippen MR) is 134 cm³/mol. The first-order valence-corrected chi connectivity index (χ1v) is 14.3. The summed E-state index contributed by atoms with van der Waals surface area (Å²) >= 11 is 0. The van der Waals surface area contributed by atoms with Crippen LogP contribution in [0.4, 0.5) is 0 Å². The molecule has 0 heterocycles. The number of rotatable bonds is 24. The van der Waals surface area contributed by atoms with Gasteiger partial charge in [-0.1, -0.05) is 70.4 Å². The topological polar surface area (TPSA) is 166 Å². The molecule has 0 bridgehead atoms. The highest BCUT2D eigenvalue weighted by Gasteiger charge is 2.26. The molecule has 0 aromatic rings. The van der Waals surface area contributed by atoms with E-state index in [0.29, 0.717) is 6.42 Å². The van der Waals surface area contributed by atoms with Crippen LogP contribution in [0.2, 0.25) is 0 Å². The molecule has 0 aliphatic heterocycles. The summed E-state index contributed by atoms with van der Waals surface area (Å²) in [7, 11) is -4.58. The SMILES string of the molecule is CCCCCCCC/C=C\CCCCCCCC(=O)OC[C@H](O)COP(=O)(O)OC[C@H](N)C(=O)O. The maximum atomic E-state index is 11.7. The van der Waals surface area contributed by atoms with Crippen LogP contribution in [0, 0.1) is 0 Å². The van der Waals surface area contributed by atoms with Crippen molar-refractivity contribution in [3.8, 4) is 0 Å². The molecule has 206 valence electrons. The van der Waals surface area contributed by atoms with E-state index in [1.165, 1.54) is 44.9 Å². The first-order valence-electron chi connectivity index (χ1n) is 12.8. The molecule has 0 rings (SSSR count).